The molecule has 0 aliphatic heterocycles. The highest BCUT2D eigenvalue weighted by atomic mass is 79.9. The summed E-state index contributed by atoms with van der Waals surface area (Å²) in [6, 6.07) is 11.2. The third-order valence-corrected chi connectivity index (χ3v) is 4.66. The lowest BCUT2D eigenvalue weighted by atomic mass is 10.3. The van der Waals surface area contributed by atoms with Crippen LogP contribution in [-0.4, -0.2) is 15.5 Å². The maximum Gasteiger partial charge on any atom is 0.265 e. The van der Waals surface area contributed by atoms with Gasteiger partial charge in [0.1, 0.15) is 10.6 Å². The molecule has 4 nitrogen and oxygen atoms in total. The molecule has 20 heavy (non-hydrogen) atoms. The Balaban J connectivity index is 2.40. The predicted molar refractivity (Wildman–Crippen MR) is 83.0 cm³/mol. The molecule has 2 rings (SSSR count). The van der Waals surface area contributed by atoms with Gasteiger partial charge in [-0.1, -0.05) is 27.5 Å². The Morgan fingerprint density at radius 1 is 1.15 bits per heavy atom. The minimum atomic E-state index is -3.74. The maximum absolute atomic E-state index is 12.4. The highest BCUT2D eigenvalue weighted by Gasteiger charge is 2.20. The molecule has 0 saturated carbocycles. The van der Waals surface area contributed by atoms with E-state index in [9.17, 15) is 8.42 Å². The first-order chi connectivity index (χ1) is 9.42. The summed E-state index contributed by atoms with van der Waals surface area (Å²) in [6.45, 7) is 0. The van der Waals surface area contributed by atoms with Gasteiger partial charge in [-0.2, -0.15) is 0 Å². The van der Waals surface area contributed by atoms with Crippen LogP contribution in [0.25, 0.3) is 0 Å². The second-order valence-electron chi connectivity index (χ2n) is 3.91. The van der Waals surface area contributed by atoms with Gasteiger partial charge in [-0.05, 0) is 42.5 Å². The standard InChI is InChI=1S/C13H11BrClNO3S/c1-19-12-7-2-9(14)8-13(12)20(17,18)16-11-5-3-10(15)4-6-11/h2-8,16H,1H3. The molecular weight excluding hydrogens is 366 g/mol. The van der Waals surface area contributed by atoms with Crippen LogP contribution in [-0.2, 0) is 10.0 Å². The molecule has 0 heterocycles. The number of hydrogen-bond donors (Lipinski definition) is 1. The molecule has 0 unspecified atom stereocenters. The molecule has 2 aromatic rings. The molecule has 0 aliphatic carbocycles. The Labute approximate surface area is 130 Å². The Morgan fingerprint density at radius 2 is 1.80 bits per heavy atom. The van der Waals surface area contributed by atoms with Gasteiger partial charge < -0.3 is 4.74 Å². The van der Waals surface area contributed by atoms with Crippen molar-refractivity contribution in [3.05, 3.63) is 52.0 Å². The highest BCUT2D eigenvalue weighted by molar-refractivity contribution is 9.10. The van der Waals surface area contributed by atoms with Crippen molar-refractivity contribution in [2.24, 2.45) is 0 Å². The fourth-order valence-corrected chi connectivity index (χ4v) is 3.48. The second-order valence-corrected chi connectivity index (χ2v) is 6.91. The smallest absolute Gasteiger partial charge is 0.265 e. The quantitative estimate of drug-likeness (QED) is 0.880. The SMILES string of the molecule is COc1ccc(Br)cc1S(=O)(=O)Nc1ccc(Cl)cc1. The molecule has 106 valence electrons. The second kappa shape index (κ2) is 6.03. The van der Waals surface area contributed by atoms with Gasteiger partial charge in [0, 0.05) is 15.2 Å². The van der Waals surface area contributed by atoms with E-state index < -0.39 is 10.0 Å². The number of methoxy groups -OCH3 is 1. The molecule has 0 saturated heterocycles. The third kappa shape index (κ3) is 3.45. The predicted octanol–water partition coefficient (Wildman–Crippen LogP) is 3.91. The molecule has 0 aromatic heterocycles. The van der Waals surface area contributed by atoms with Crippen molar-refractivity contribution >= 4 is 43.2 Å². The van der Waals surface area contributed by atoms with Crippen LogP contribution in [0.4, 0.5) is 5.69 Å². The van der Waals surface area contributed by atoms with Crippen LogP contribution in [0.5, 0.6) is 5.75 Å². The number of benzene rings is 2. The summed E-state index contributed by atoms with van der Waals surface area (Å²) in [4.78, 5) is 0.0596. The molecule has 0 atom stereocenters. The molecule has 0 radical (unpaired) electrons. The van der Waals surface area contributed by atoms with Crippen LogP contribution in [0.1, 0.15) is 0 Å². The van der Waals surface area contributed by atoms with Crippen molar-refractivity contribution in [2.75, 3.05) is 11.8 Å². The average molecular weight is 377 g/mol. The van der Waals surface area contributed by atoms with E-state index in [1.54, 1.807) is 36.4 Å². The molecule has 2 aromatic carbocycles. The summed E-state index contributed by atoms with van der Waals surface area (Å²) < 4.78 is 33.0. The van der Waals surface area contributed by atoms with Crippen LogP contribution in [0, 0.1) is 0 Å². The van der Waals surface area contributed by atoms with E-state index >= 15 is 0 Å². The van der Waals surface area contributed by atoms with Gasteiger partial charge >= 0.3 is 0 Å². The average Bonchev–Trinajstić information content (AvgIpc) is 2.41. The molecule has 0 spiro atoms. The van der Waals surface area contributed by atoms with E-state index in [0.717, 1.165) is 0 Å². The van der Waals surface area contributed by atoms with Gasteiger partial charge in [-0.25, -0.2) is 8.42 Å². The normalized spacial score (nSPS) is 11.2. The Kier molecular flexibility index (Phi) is 4.57. The fourth-order valence-electron chi connectivity index (χ4n) is 1.59. The van der Waals surface area contributed by atoms with Gasteiger partial charge in [0.15, 0.2) is 0 Å². The first-order valence-electron chi connectivity index (χ1n) is 5.54. The van der Waals surface area contributed by atoms with Gasteiger partial charge in [0.2, 0.25) is 0 Å². The lowest BCUT2D eigenvalue weighted by molar-refractivity contribution is 0.403. The van der Waals surface area contributed by atoms with Crippen molar-refractivity contribution in [2.45, 2.75) is 4.90 Å². The topological polar surface area (TPSA) is 55.4 Å². The number of rotatable bonds is 4. The zero-order valence-corrected chi connectivity index (χ0v) is 13.6. The van der Waals surface area contributed by atoms with Crippen LogP contribution in [0.3, 0.4) is 0 Å². The first kappa shape index (κ1) is 15.2. The van der Waals surface area contributed by atoms with Crippen LogP contribution < -0.4 is 9.46 Å². The van der Waals surface area contributed by atoms with Crippen LogP contribution >= 0.6 is 27.5 Å². The lowest BCUT2D eigenvalue weighted by Gasteiger charge is -2.12. The number of halogens is 2. The van der Waals surface area contributed by atoms with Crippen molar-refractivity contribution in [1.29, 1.82) is 0 Å². The Bertz CT molecular complexity index is 717. The van der Waals surface area contributed by atoms with E-state index in [1.807, 2.05) is 0 Å². The van der Waals surface area contributed by atoms with Gasteiger partial charge in [0.25, 0.3) is 10.0 Å². The number of sulfonamides is 1. The number of ether oxygens (including phenoxy) is 1. The molecule has 0 fully saturated rings. The van der Waals surface area contributed by atoms with Crippen molar-refractivity contribution in [3.8, 4) is 5.75 Å². The molecule has 7 heteroatoms. The summed E-state index contributed by atoms with van der Waals surface area (Å²) in [7, 11) is -2.32. The highest BCUT2D eigenvalue weighted by Crippen LogP contribution is 2.29. The van der Waals surface area contributed by atoms with Crippen LogP contribution in [0.2, 0.25) is 5.02 Å². The molecular formula is C13H11BrClNO3S. The van der Waals surface area contributed by atoms with E-state index in [2.05, 4.69) is 20.7 Å². The molecule has 0 amide bonds. The first-order valence-corrected chi connectivity index (χ1v) is 8.20. The van der Waals surface area contributed by atoms with E-state index in [4.69, 9.17) is 16.3 Å². The summed E-state index contributed by atoms with van der Waals surface area (Å²) in [5, 5.41) is 0.535. The van der Waals surface area contributed by atoms with E-state index in [0.29, 0.717) is 15.2 Å². The zero-order chi connectivity index (χ0) is 14.8. The van der Waals surface area contributed by atoms with Gasteiger partial charge in [-0.3, -0.25) is 4.72 Å². The zero-order valence-electron chi connectivity index (χ0n) is 10.4. The fraction of sp³-hybridized carbons (Fsp3) is 0.0769. The van der Waals surface area contributed by atoms with Gasteiger partial charge in [0.05, 0.1) is 7.11 Å². The summed E-state index contributed by atoms with van der Waals surface area (Å²) in [5.41, 5.74) is 0.427. The monoisotopic (exact) mass is 375 g/mol. The third-order valence-electron chi connectivity index (χ3n) is 2.51. The minimum absolute atomic E-state index is 0.0596. The van der Waals surface area contributed by atoms with Crippen molar-refractivity contribution in [1.82, 2.24) is 0 Å². The van der Waals surface area contributed by atoms with Crippen molar-refractivity contribution < 1.29 is 13.2 Å². The lowest BCUT2D eigenvalue weighted by Crippen LogP contribution is -2.14. The minimum Gasteiger partial charge on any atom is -0.495 e. The Hall–Kier alpha value is -1.24. The number of nitrogens with one attached hydrogen (secondary N) is 1. The molecule has 0 aliphatic rings. The van der Waals surface area contributed by atoms with E-state index in [-0.39, 0.29) is 10.6 Å². The summed E-state index contributed by atoms with van der Waals surface area (Å²) >= 11 is 9.01. The van der Waals surface area contributed by atoms with Gasteiger partial charge in [-0.15, -0.1) is 0 Å². The molecule has 1 N–H and O–H groups in total. The number of hydrogen-bond acceptors (Lipinski definition) is 3. The summed E-state index contributed by atoms with van der Waals surface area (Å²) in [5.74, 6) is 0.273. The van der Waals surface area contributed by atoms with Crippen molar-refractivity contribution in [3.63, 3.8) is 0 Å². The molecule has 0 bridgehead atoms. The summed E-state index contributed by atoms with van der Waals surface area (Å²) in [6.07, 6.45) is 0. The number of anilines is 1. The Morgan fingerprint density at radius 3 is 2.40 bits per heavy atom. The van der Waals surface area contributed by atoms with E-state index in [1.165, 1.54) is 13.2 Å². The largest absolute Gasteiger partial charge is 0.495 e. The van der Waals surface area contributed by atoms with Crippen LogP contribution in [0.15, 0.2) is 51.8 Å². The maximum atomic E-state index is 12.4.